The number of H-pyrrole nitrogens is 1. The van der Waals surface area contributed by atoms with E-state index in [1.807, 2.05) is 6.07 Å². The molecule has 0 saturated carbocycles. The van der Waals surface area contributed by atoms with E-state index in [9.17, 15) is 14.7 Å². The molecule has 2 heterocycles. The van der Waals surface area contributed by atoms with Gasteiger partial charge in [-0.2, -0.15) is 0 Å². The van der Waals surface area contributed by atoms with Crippen molar-refractivity contribution in [3.63, 3.8) is 0 Å². The first kappa shape index (κ1) is 22.6. The van der Waals surface area contributed by atoms with E-state index in [1.54, 1.807) is 31.2 Å². The predicted molar refractivity (Wildman–Crippen MR) is 129 cm³/mol. The Labute approximate surface area is 201 Å². The van der Waals surface area contributed by atoms with Crippen molar-refractivity contribution in [2.24, 2.45) is 10.2 Å². The van der Waals surface area contributed by atoms with Crippen molar-refractivity contribution in [1.82, 2.24) is 9.78 Å². The maximum absolute atomic E-state index is 13.1. The summed E-state index contributed by atoms with van der Waals surface area (Å²) in [6.07, 6.45) is 6.05. The van der Waals surface area contributed by atoms with Crippen LogP contribution in [0.15, 0.2) is 63.3 Å². The number of phenolic OH excluding ortho intramolecular Hbond substituents is 1. The van der Waals surface area contributed by atoms with Crippen LogP contribution in [-0.4, -0.2) is 34.6 Å². The van der Waals surface area contributed by atoms with E-state index >= 15 is 0 Å². The molecule has 0 radical (unpaired) electrons. The second kappa shape index (κ2) is 9.25. The third kappa shape index (κ3) is 4.25. The van der Waals surface area contributed by atoms with Crippen molar-refractivity contribution in [3.8, 4) is 11.4 Å². The summed E-state index contributed by atoms with van der Waals surface area (Å²) in [5.41, 5.74) is 4.56. The quantitative estimate of drug-likeness (QED) is 0.412. The lowest BCUT2D eigenvalue weighted by atomic mass is 9.91. The van der Waals surface area contributed by atoms with Crippen molar-refractivity contribution >= 4 is 17.3 Å². The summed E-state index contributed by atoms with van der Waals surface area (Å²) in [7, 11) is 1.28. The number of hydrogen-bond donors (Lipinski definition) is 2. The van der Waals surface area contributed by atoms with Crippen LogP contribution in [0, 0.1) is 6.92 Å². The van der Waals surface area contributed by atoms with E-state index in [0.29, 0.717) is 11.3 Å². The van der Waals surface area contributed by atoms with Crippen LogP contribution in [0.25, 0.3) is 5.69 Å². The molecule has 2 aliphatic rings. The number of rotatable bonds is 5. The average molecular weight is 475 g/mol. The summed E-state index contributed by atoms with van der Waals surface area (Å²) in [5, 5.41) is 22.2. The van der Waals surface area contributed by atoms with E-state index < -0.39 is 5.97 Å². The second-order valence-electron chi connectivity index (χ2n) is 8.74. The molecule has 1 unspecified atom stereocenters. The summed E-state index contributed by atoms with van der Waals surface area (Å²) in [6, 6.07) is 11.1. The number of ether oxygens (including phenoxy) is 2. The molecule has 0 fully saturated rings. The van der Waals surface area contributed by atoms with Gasteiger partial charge in [0.1, 0.15) is 11.4 Å². The molecule has 2 aromatic carbocycles. The van der Waals surface area contributed by atoms with E-state index in [0.717, 1.165) is 24.9 Å². The average Bonchev–Trinajstić information content (AvgIpc) is 3.47. The van der Waals surface area contributed by atoms with Gasteiger partial charge in [-0.15, -0.1) is 10.2 Å². The zero-order valence-electron chi connectivity index (χ0n) is 19.6. The van der Waals surface area contributed by atoms with Crippen molar-refractivity contribution in [2.75, 3.05) is 13.7 Å². The summed E-state index contributed by atoms with van der Waals surface area (Å²) in [4.78, 5) is 24.8. The maximum Gasteiger partial charge on any atom is 0.372 e. The first-order valence-electron chi connectivity index (χ1n) is 11.6. The van der Waals surface area contributed by atoms with Crippen LogP contribution < -0.4 is 5.56 Å². The molecule has 1 atom stereocenters. The van der Waals surface area contributed by atoms with Gasteiger partial charge in [-0.05, 0) is 68.0 Å². The molecule has 5 rings (SSSR count). The molecule has 1 aromatic heterocycles. The second-order valence-corrected chi connectivity index (χ2v) is 8.74. The van der Waals surface area contributed by atoms with Gasteiger partial charge in [0.2, 0.25) is 5.76 Å². The van der Waals surface area contributed by atoms with E-state index in [1.165, 1.54) is 29.3 Å². The molecular formula is C26H26N4O5. The molecule has 0 spiro atoms. The van der Waals surface area contributed by atoms with E-state index in [2.05, 4.69) is 32.2 Å². The van der Waals surface area contributed by atoms with Crippen molar-refractivity contribution in [3.05, 3.63) is 81.0 Å². The Morgan fingerprint density at radius 3 is 2.77 bits per heavy atom. The van der Waals surface area contributed by atoms with Gasteiger partial charge in [-0.25, -0.2) is 9.48 Å². The Hall–Kier alpha value is -4.14. The molecule has 2 N–H and O–H groups in total. The number of aryl methyl sites for hydroxylation is 3. The molecule has 0 saturated heterocycles. The van der Waals surface area contributed by atoms with Gasteiger partial charge in [0.05, 0.1) is 25.1 Å². The number of benzene rings is 2. The number of nitrogens with one attached hydrogen (secondary N) is 1. The molecule has 1 aliphatic heterocycles. The third-order valence-electron chi connectivity index (χ3n) is 6.49. The molecule has 1 aliphatic carbocycles. The molecule has 3 aromatic rings. The number of nitrogens with zero attached hydrogens (tertiary/aromatic N) is 3. The van der Waals surface area contributed by atoms with Gasteiger partial charge < -0.3 is 14.6 Å². The SMILES string of the molecule is COC(=O)C1=CC(c2cccc(N=Nc3c(C)[nH]n(-c4ccc5c(c4)CCCC5)c3=O)c2O)CO1. The van der Waals surface area contributed by atoms with Gasteiger partial charge in [-0.1, -0.05) is 18.2 Å². The Morgan fingerprint density at radius 1 is 1.17 bits per heavy atom. The fourth-order valence-electron chi connectivity index (χ4n) is 4.59. The Bertz CT molecular complexity index is 1420. The minimum atomic E-state index is -0.569. The first-order chi connectivity index (χ1) is 17.0. The standard InChI is InChI=1S/C26H26N4O5/c1-15-23(25(32)30(29-15)19-11-10-16-6-3-4-7-17(16)12-19)28-27-21-9-5-8-20(24(21)31)18-13-22(35-14-18)26(33)34-2/h5,8-13,18,29,31H,3-4,6-7,14H2,1-2H3. The number of methoxy groups -OCH3 is 1. The molecule has 0 bridgehead atoms. The van der Waals surface area contributed by atoms with Gasteiger partial charge in [-0.3, -0.25) is 9.89 Å². The highest BCUT2D eigenvalue weighted by atomic mass is 16.6. The van der Waals surface area contributed by atoms with Crippen LogP contribution in [-0.2, 0) is 27.1 Å². The highest BCUT2D eigenvalue weighted by Gasteiger charge is 2.27. The van der Waals surface area contributed by atoms with Crippen LogP contribution in [0.2, 0.25) is 0 Å². The van der Waals surface area contributed by atoms with Crippen molar-refractivity contribution in [2.45, 2.75) is 38.5 Å². The highest BCUT2D eigenvalue weighted by molar-refractivity contribution is 5.86. The minimum absolute atomic E-state index is 0.0876. The number of para-hydroxylation sites is 1. The van der Waals surface area contributed by atoms with Gasteiger partial charge in [0.25, 0.3) is 5.56 Å². The monoisotopic (exact) mass is 474 g/mol. The van der Waals surface area contributed by atoms with Crippen LogP contribution in [0.4, 0.5) is 11.4 Å². The Morgan fingerprint density at radius 2 is 1.97 bits per heavy atom. The zero-order chi connectivity index (χ0) is 24.5. The van der Waals surface area contributed by atoms with Crippen molar-refractivity contribution < 1.29 is 19.4 Å². The van der Waals surface area contributed by atoms with Crippen molar-refractivity contribution in [1.29, 1.82) is 0 Å². The number of carbonyl (C=O) groups is 1. The fraction of sp³-hybridized carbons (Fsp3) is 0.308. The Balaban J connectivity index is 1.43. The number of phenols is 1. The highest BCUT2D eigenvalue weighted by Crippen LogP contribution is 2.38. The van der Waals surface area contributed by atoms with Crippen LogP contribution in [0.1, 0.15) is 41.1 Å². The predicted octanol–water partition coefficient (Wildman–Crippen LogP) is 4.64. The maximum atomic E-state index is 13.1. The molecule has 180 valence electrons. The van der Waals surface area contributed by atoms with Crippen LogP contribution >= 0.6 is 0 Å². The number of hydrogen-bond acceptors (Lipinski definition) is 7. The van der Waals surface area contributed by atoms with Crippen LogP contribution in [0.3, 0.4) is 0 Å². The summed E-state index contributed by atoms with van der Waals surface area (Å²) < 4.78 is 11.5. The number of aromatic hydroxyl groups is 1. The van der Waals surface area contributed by atoms with Gasteiger partial charge in [0, 0.05) is 11.5 Å². The van der Waals surface area contributed by atoms with Gasteiger partial charge in [0.15, 0.2) is 5.69 Å². The topological polar surface area (TPSA) is 118 Å². The molecule has 9 heteroatoms. The fourth-order valence-corrected chi connectivity index (χ4v) is 4.59. The lowest BCUT2D eigenvalue weighted by Gasteiger charge is -2.16. The van der Waals surface area contributed by atoms with Crippen LogP contribution in [0.5, 0.6) is 5.75 Å². The van der Waals surface area contributed by atoms with E-state index in [-0.39, 0.29) is 41.0 Å². The number of carbonyl (C=O) groups excluding carboxylic acids is 1. The zero-order valence-corrected chi connectivity index (χ0v) is 19.6. The smallest absolute Gasteiger partial charge is 0.372 e. The molecular weight excluding hydrogens is 448 g/mol. The number of azo groups is 1. The molecule has 0 amide bonds. The third-order valence-corrected chi connectivity index (χ3v) is 6.49. The van der Waals surface area contributed by atoms with E-state index in [4.69, 9.17) is 4.74 Å². The largest absolute Gasteiger partial charge is 0.505 e. The minimum Gasteiger partial charge on any atom is -0.505 e. The summed E-state index contributed by atoms with van der Waals surface area (Å²) >= 11 is 0. The number of fused-ring (bicyclic) bond motifs is 1. The Kier molecular flexibility index (Phi) is 5.98. The number of esters is 1. The normalized spacial score (nSPS) is 17.2. The lowest BCUT2D eigenvalue weighted by molar-refractivity contribution is -0.139. The van der Waals surface area contributed by atoms with Gasteiger partial charge >= 0.3 is 5.97 Å². The molecule has 9 nitrogen and oxygen atoms in total. The summed E-state index contributed by atoms with van der Waals surface area (Å²) in [6.45, 7) is 1.96. The summed E-state index contributed by atoms with van der Waals surface area (Å²) in [5.74, 6) is -0.888. The lowest BCUT2D eigenvalue weighted by Crippen LogP contribution is -2.15. The number of aromatic nitrogens is 2. The number of aromatic amines is 1. The first-order valence-corrected chi connectivity index (χ1v) is 11.6. The molecule has 35 heavy (non-hydrogen) atoms.